The van der Waals surface area contributed by atoms with Crippen molar-refractivity contribution < 1.29 is 26.4 Å². The summed E-state index contributed by atoms with van der Waals surface area (Å²) < 4.78 is 68.3. The van der Waals surface area contributed by atoms with Gasteiger partial charge in [0.2, 0.25) is 0 Å². The molecule has 1 amide bonds. The highest BCUT2D eigenvalue weighted by molar-refractivity contribution is 7.92. The van der Waals surface area contributed by atoms with Crippen LogP contribution in [0.4, 0.5) is 24.5 Å². The molecule has 0 fully saturated rings. The minimum atomic E-state index is -3.98. The molecule has 1 N–H and O–H groups in total. The lowest BCUT2D eigenvalue weighted by molar-refractivity contribution is 0.102. The van der Waals surface area contributed by atoms with Gasteiger partial charge in [-0.3, -0.25) is 9.10 Å². The van der Waals surface area contributed by atoms with Crippen LogP contribution in [-0.2, 0) is 16.4 Å². The highest BCUT2D eigenvalue weighted by Gasteiger charge is 2.36. The van der Waals surface area contributed by atoms with Gasteiger partial charge in [-0.2, -0.15) is 0 Å². The van der Waals surface area contributed by atoms with Gasteiger partial charge in [0, 0.05) is 11.6 Å². The van der Waals surface area contributed by atoms with Gasteiger partial charge in [0.15, 0.2) is 17.5 Å². The Labute approximate surface area is 177 Å². The number of anilines is 2. The van der Waals surface area contributed by atoms with Crippen LogP contribution in [0.15, 0.2) is 65.6 Å². The Morgan fingerprint density at radius 1 is 1.00 bits per heavy atom. The summed E-state index contributed by atoms with van der Waals surface area (Å²) in [5, 5.41) is 2.14. The molecule has 0 bridgehead atoms. The molecule has 4 rings (SSSR count). The molecular formula is C22H17F3N2O3S. The van der Waals surface area contributed by atoms with Gasteiger partial charge < -0.3 is 5.32 Å². The highest BCUT2D eigenvalue weighted by Crippen LogP contribution is 2.36. The average molecular weight is 446 g/mol. The molecule has 0 radical (unpaired) electrons. The topological polar surface area (TPSA) is 66.5 Å². The fraction of sp³-hybridized carbons (Fsp3) is 0.136. The summed E-state index contributed by atoms with van der Waals surface area (Å²) >= 11 is 0. The van der Waals surface area contributed by atoms with Crippen molar-refractivity contribution in [3.63, 3.8) is 0 Å². The van der Waals surface area contributed by atoms with E-state index >= 15 is 0 Å². The van der Waals surface area contributed by atoms with Crippen molar-refractivity contribution in [1.29, 1.82) is 0 Å². The van der Waals surface area contributed by atoms with Gasteiger partial charge in [0.1, 0.15) is 0 Å². The van der Waals surface area contributed by atoms with E-state index in [-0.39, 0.29) is 16.5 Å². The zero-order valence-electron chi connectivity index (χ0n) is 16.3. The Bertz CT molecular complexity index is 1290. The van der Waals surface area contributed by atoms with E-state index in [9.17, 15) is 26.4 Å². The number of sulfonamides is 1. The van der Waals surface area contributed by atoms with Crippen LogP contribution >= 0.6 is 0 Å². The first-order valence-corrected chi connectivity index (χ1v) is 10.8. The van der Waals surface area contributed by atoms with Crippen LogP contribution in [0.3, 0.4) is 0 Å². The van der Waals surface area contributed by atoms with Gasteiger partial charge >= 0.3 is 0 Å². The molecule has 1 heterocycles. The van der Waals surface area contributed by atoms with E-state index in [0.717, 1.165) is 17.7 Å². The smallest absolute Gasteiger partial charge is 0.264 e. The third-order valence-electron chi connectivity index (χ3n) is 5.08. The Kier molecular flexibility index (Phi) is 5.22. The maximum atomic E-state index is 13.9. The highest BCUT2D eigenvalue weighted by atomic mass is 32.2. The van der Waals surface area contributed by atoms with Gasteiger partial charge in [-0.1, -0.05) is 24.3 Å². The fourth-order valence-electron chi connectivity index (χ4n) is 3.63. The summed E-state index contributed by atoms with van der Waals surface area (Å²) in [7, 11) is -3.98. The van der Waals surface area contributed by atoms with Crippen LogP contribution in [0.1, 0.15) is 22.8 Å². The molecule has 1 aliphatic rings. The normalized spacial score (nSPS) is 15.6. The number of carbonyl (C=O) groups excluding carboxylic acids is 1. The molecule has 9 heteroatoms. The minimum Gasteiger partial charge on any atom is -0.319 e. The molecule has 0 saturated carbocycles. The summed E-state index contributed by atoms with van der Waals surface area (Å²) in [6.45, 7) is 1.79. The van der Waals surface area contributed by atoms with Crippen molar-refractivity contribution in [3.8, 4) is 0 Å². The maximum absolute atomic E-state index is 13.9. The molecule has 1 aliphatic heterocycles. The van der Waals surface area contributed by atoms with E-state index < -0.39 is 39.1 Å². The third-order valence-corrected chi connectivity index (χ3v) is 7.01. The number of fused-ring (bicyclic) bond motifs is 1. The minimum absolute atomic E-state index is 0.0784. The third kappa shape index (κ3) is 3.65. The fourth-order valence-corrected chi connectivity index (χ4v) is 5.37. The lowest BCUT2D eigenvalue weighted by Gasteiger charge is -2.24. The lowest BCUT2D eigenvalue weighted by Crippen LogP contribution is -2.35. The first-order chi connectivity index (χ1) is 14.7. The number of nitrogens with one attached hydrogen (secondary N) is 1. The van der Waals surface area contributed by atoms with E-state index in [4.69, 9.17) is 0 Å². The van der Waals surface area contributed by atoms with E-state index in [0.29, 0.717) is 18.2 Å². The zero-order chi connectivity index (χ0) is 22.3. The SMILES string of the molecule is CC1Cc2ccccc2N1S(=O)(=O)c1cccc(C(=O)Nc2ccc(F)c(F)c2F)c1. The summed E-state index contributed by atoms with van der Waals surface area (Å²) in [5.74, 6) is -5.50. The molecule has 1 unspecified atom stereocenters. The van der Waals surface area contributed by atoms with Crippen LogP contribution in [0, 0.1) is 17.5 Å². The Morgan fingerprint density at radius 2 is 1.74 bits per heavy atom. The van der Waals surface area contributed by atoms with Crippen molar-refractivity contribution in [3.05, 3.63) is 89.2 Å². The molecule has 3 aromatic rings. The van der Waals surface area contributed by atoms with Crippen molar-refractivity contribution in [2.24, 2.45) is 0 Å². The number of nitrogens with zero attached hydrogens (tertiary/aromatic N) is 1. The van der Waals surface area contributed by atoms with Crippen molar-refractivity contribution in [1.82, 2.24) is 0 Å². The monoisotopic (exact) mass is 446 g/mol. The Hall–Kier alpha value is -3.33. The molecule has 3 aromatic carbocycles. The number of amides is 1. The quantitative estimate of drug-likeness (QED) is 0.601. The molecule has 0 aliphatic carbocycles. The maximum Gasteiger partial charge on any atom is 0.264 e. The molecule has 1 atom stereocenters. The Morgan fingerprint density at radius 3 is 2.52 bits per heavy atom. The summed E-state index contributed by atoms with van der Waals surface area (Å²) in [5.41, 5.74) is 0.847. The second-order valence-corrected chi connectivity index (χ2v) is 9.00. The lowest BCUT2D eigenvalue weighted by atomic mass is 10.1. The number of hydrogen-bond donors (Lipinski definition) is 1. The van der Waals surface area contributed by atoms with Crippen LogP contribution in [0.2, 0.25) is 0 Å². The summed E-state index contributed by atoms with van der Waals surface area (Å²) in [6.07, 6.45) is 0.561. The molecule has 0 spiro atoms. The summed E-state index contributed by atoms with van der Waals surface area (Å²) in [4.78, 5) is 12.4. The predicted molar refractivity (Wildman–Crippen MR) is 110 cm³/mol. The van der Waals surface area contributed by atoms with E-state index in [2.05, 4.69) is 5.32 Å². The number of hydrogen-bond acceptors (Lipinski definition) is 3. The van der Waals surface area contributed by atoms with Crippen LogP contribution in [0.5, 0.6) is 0 Å². The summed E-state index contributed by atoms with van der Waals surface area (Å²) in [6, 6.07) is 13.7. The standard InChI is InChI=1S/C22H17F3N2O3S/c1-13-11-14-5-2-3-8-19(14)27(13)31(29,30)16-7-4-6-15(12-16)22(28)26-18-10-9-17(23)20(24)21(18)25/h2-10,12-13H,11H2,1H3,(H,26,28). The second kappa shape index (κ2) is 7.73. The van der Waals surface area contributed by atoms with Crippen molar-refractivity contribution in [2.45, 2.75) is 24.3 Å². The molecular weight excluding hydrogens is 429 g/mol. The van der Waals surface area contributed by atoms with E-state index in [1.54, 1.807) is 19.1 Å². The predicted octanol–water partition coefficient (Wildman–Crippen LogP) is 4.50. The van der Waals surface area contributed by atoms with Crippen molar-refractivity contribution >= 4 is 27.3 Å². The van der Waals surface area contributed by atoms with Crippen LogP contribution in [-0.4, -0.2) is 20.4 Å². The van der Waals surface area contributed by atoms with Gasteiger partial charge in [0.25, 0.3) is 15.9 Å². The number of halogens is 3. The number of carbonyl (C=O) groups is 1. The Balaban J connectivity index is 1.66. The molecule has 5 nitrogen and oxygen atoms in total. The molecule has 0 saturated heterocycles. The van der Waals surface area contributed by atoms with Gasteiger partial charge in [-0.05, 0) is 55.3 Å². The molecule has 31 heavy (non-hydrogen) atoms. The number of benzene rings is 3. The zero-order valence-corrected chi connectivity index (χ0v) is 17.1. The van der Waals surface area contributed by atoms with Crippen LogP contribution in [0.25, 0.3) is 0 Å². The van der Waals surface area contributed by atoms with Gasteiger partial charge in [0.05, 0.1) is 16.3 Å². The number of para-hydroxylation sites is 1. The van der Waals surface area contributed by atoms with Crippen LogP contribution < -0.4 is 9.62 Å². The van der Waals surface area contributed by atoms with E-state index in [1.165, 1.54) is 22.5 Å². The van der Waals surface area contributed by atoms with Gasteiger partial charge in [-0.15, -0.1) is 0 Å². The average Bonchev–Trinajstić information content (AvgIpc) is 3.10. The first kappa shape index (κ1) is 20.9. The van der Waals surface area contributed by atoms with Gasteiger partial charge in [-0.25, -0.2) is 21.6 Å². The first-order valence-electron chi connectivity index (χ1n) is 9.37. The molecule has 160 valence electrons. The second-order valence-electron chi connectivity index (χ2n) is 7.19. The largest absolute Gasteiger partial charge is 0.319 e. The molecule has 0 aromatic heterocycles. The number of rotatable bonds is 4. The van der Waals surface area contributed by atoms with E-state index in [1.807, 2.05) is 12.1 Å². The van der Waals surface area contributed by atoms with Crippen molar-refractivity contribution in [2.75, 3.05) is 9.62 Å².